The number of hydrogen-bond acceptors (Lipinski definition) is 2. The summed E-state index contributed by atoms with van der Waals surface area (Å²) in [6, 6.07) is 8.22. The molecule has 2 aliphatic rings. The Hall–Kier alpha value is -1.71. The summed E-state index contributed by atoms with van der Waals surface area (Å²) in [6.45, 7) is 6.17. The average Bonchev–Trinajstić information content (AvgIpc) is 3.39. The number of methoxy groups -OCH3 is 1. The summed E-state index contributed by atoms with van der Waals surface area (Å²) < 4.78 is 5.23. The Morgan fingerprint density at radius 1 is 1.08 bits per heavy atom. The fraction of sp³-hybridized carbons (Fsp3) is 0.667. The Labute approximate surface area is 151 Å². The van der Waals surface area contributed by atoms with Gasteiger partial charge in [-0.05, 0) is 67.6 Å². The van der Waals surface area contributed by atoms with Gasteiger partial charge in [0.25, 0.3) is 0 Å². The zero-order valence-corrected chi connectivity index (χ0v) is 15.8. The van der Waals surface area contributed by atoms with Crippen LogP contribution in [0, 0.1) is 17.8 Å². The lowest BCUT2D eigenvalue weighted by atomic mass is 9.77. The van der Waals surface area contributed by atoms with E-state index in [2.05, 4.69) is 36.6 Å². The molecule has 2 aliphatic carbocycles. The molecule has 3 rings (SSSR count). The molecule has 2 saturated carbocycles. The van der Waals surface area contributed by atoms with Crippen molar-refractivity contribution in [2.45, 2.75) is 51.4 Å². The normalized spacial score (nSPS) is 27.4. The summed E-state index contributed by atoms with van der Waals surface area (Å²) in [7, 11) is 1.68. The van der Waals surface area contributed by atoms with Crippen molar-refractivity contribution in [2.24, 2.45) is 17.8 Å². The Morgan fingerprint density at radius 3 is 2.28 bits per heavy atom. The van der Waals surface area contributed by atoms with Gasteiger partial charge in [0.15, 0.2) is 0 Å². The van der Waals surface area contributed by atoms with Crippen molar-refractivity contribution >= 4 is 6.03 Å². The number of urea groups is 1. The Bertz CT molecular complexity index is 570. The largest absolute Gasteiger partial charge is 0.497 e. The van der Waals surface area contributed by atoms with E-state index in [1.54, 1.807) is 7.11 Å². The highest BCUT2D eigenvalue weighted by molar-refractivity contribution is 5.74. The van der Waals surface area contributed by atoms with E-state index in [9.17, 15) is 4.79 Å². The van der Waals surface area contributed by atoms with Crippen molar-refractivity contribution in [1.82, 2.24) is 10.6 Å². The molecule has 2 fully saturated rings. The van der Waals surface area contributed by atoms with Crippen molar-refractivity contribution in [3.63, 3.8) is 0 Å². The summed E-state index contributed by atoms with van der Waals surface area (Å²) >= 11 is 0. The number of carbonyl (C=O) groups is 1. The van der Waals surface area contributed by atoms with E-state index < -0.39 is 0 Å². The molecule has 0 spiro atoms. The van der Waals surface area contributed by atoms with Crippen LogP contribution >= 0.6 is 0 Å². The second kappa shape index (κ2) is 7.67. The third kappa shape index (κ3) is 4.68. The summed E-state index contributed by atoms with van der Waals surface area (Å²) in [6.07, 6.45) is 6.07. The van der Waals surface area contributed by atoms with Crippen LogP contribution < -0.4 is 15.4 Å². The van der Waals surface area contributed by atoms with Gasteiger partial charge in [0.05, 0.1) is 7.11 Å². The van der Waals surface area contributed by atoms with Crippen LogP contribution in [-0.2, 0) is 5.41 Å². The molecule has 2 amide bonds. The molecule has 25 heavy (non-hydrogen) atoms. The van der Waals surface area contributed by atoms with Crippen molar-refractivity contribution in [3.8, 4) is 5.75 Å². The lowest BCUT2D eigenvalue weighted by molar-refractivity contribution is 0.207. The summed E-state index contributed by atoms with van der Waals surface area (Å²) in [5.41, 5.74) is 1.42. The minimum Gasteiger partial charge on any atom is -0.497 e. The van der Waals surface area contributed by atoms with E-state index in [-0.39, 0.29) is 11.4 Å². The Morgan fingerprint density at radius 2 is 1.72 bits per heavy atom. The maximum absolute atomic E-state index is 12.2. The van der Waals surface area contributed by atoms with Crippen molar-refractivity contribution in [3.05, 3.63) is 29.8 Å². The number of rotatable bonds is 6. The number of hydrogen-bond donors (Lipinski definition) is 2. The van der Waals surface area contributed by atoms with Gasteiger partial charge in [0, 0.05) is 18.5 Å². The van der Waals surface area contributed by atoms with Crippen molar-refractivity contribution < 1.29 is 9.53 Å². The van der Waals surface area contributed by atoms with Crippen LogP contribution in [0.5, 0.6) is 5.75 Å². The van der Waals surface area contributed by atoms with Gasteiger partial charge < -0.3 is 15.4 Å². The van der Waals surface area contributed by atoms with Crippen LogP contribution in [0.15, 0.2) is 24.3 Å². The number of benzene rings is 1. The summed E-state index contributed by atoms with van der Waals surface area (Å²) in [5.74, 6) is 3.06. The summed E-state index contributed by atoms with van der Waals surface area (Å²) in [4.78, 5) is 12.2. The van der Waals surface area contributed by atoms with Crippen LogP contribution in [-0.4, -0.2) is 26.2 Å². The highest BCUT2D eigenvalue weighted by atomic mass is 16.5. The van der Waals surface area contributed by atoms with Crippen LogP contribution in [0.1, 0.15) is 51.5 Å². The molecule has 138 valence electrons. The Kier molecular flexibility index (Phi) is 5.55. The van der Waals surface area contributed by atoms with Crippen molar-refractivity contribution in [2.75, 3.05) is 20.2 Å². The topological polar surface area (TPSA) is 50.4 Å². The van der Waals surface area contributed by atoms with Crippen LogP contribution in [0.2, 0.25) is 0 Å². The standard InChI is InChI=1S/C21H32N2O2/c1-15-10-16(2)12-17(11-15)13-22-20(24)23-14-21(8-9-21)18-4-6-19(25-3)7-5-18/h4-7,15-17H,8-14H2,1-3H3,(H2,22,23,24). The molecule has 2 N–H and O–H groups in total. The second-order valence-corrected chi connectivity index (χ2v) is 8.36. The van der Waals surface area contributed by atoms with Gasteiger partial charge in [-0.3, -0.25) is 0 Å². The molecular weight excluding hydrogens is 312 g/mol. The van der Waals surface area contributed by atoms with Gasteiger partial charge in [0.2, 0.25) is 0 Å². The smallest absolute Gasteiger partial charge is 0.314 e. The van der Waals surface area contributed by atoms with E-state index in [0.717, 1.165) is 37.0 Å². The quantitative estimate of drug-likeness (QED) is 0.816. The molecule has 1 aromatic rings. The van der Waals surface area contributed by atoms with Crippen LogP contribution in [0.25, 0.3) is 0 Å². The second-order valence-electron chi connectivity index (χ2n) is 8.36. The molecule has 4 heteroatoms. The fourth-order valence-electron chi connectivity index (χ4n) is 4.49. The first-order chi connectivity index (χ1) is 12.0. The fourth-order valence-corrected chi connectivity index (χ4v) is 4.49. The van der Waals surface area contributed by atoms with Crippen molar-refractivity contribution in [1.29, 1.82) is 0 Å². The van der Waals surface area contributed by atoms with Gasteiger partial charge >= 0.3 is 6.03 Å². The van der Waals surface area contributed by atoms with Gasteiger partial charge in [-0.25, -0.2) is 4.79 Å². The third-order valence-corrected chi connectivity index (χ3v) is 5.97. The molecule has 2 atom stereocenters. The minimum absolute atomic E-state index is 0.0225. The van der Waals surface area contributed by atoms with E-state index in [1.165, 1.54) is 24.8 Å². The molecule has 0 aliphatic heterocycles. The molecule has 1 aromatic carbocycles. The van der Waals surface area contributed by atoms with E-state index >= 15 is 0 Å². The predicted molar refractivity (Wildman–Crippen MR) is 101 cm³/mol. The maximum Gasteiger partial charge on any atom is 0.314 e. The lowest BCUT2D eigenvalue weighted by Gasteiger charge is -2.31. The third-order valence-electron chi connectivity index (χ3n) is 5.97. The zero-order valence-electron chi connectivity index (χ0n) is 15.8. The molecule has 0 radical (unpaired) electrons. The molecule has 0 aromatic heterocycles. The lowest BCUT2D eigenvalue weighted by Crippen LogP contribution is -2.42. The number of ether oxygens (including phenoxy) is 1. The first-order valence-corrected chi connectivity index (χ1v) is 9.67. The summed E-state index contributed by atoms with van der Waals surface area (Å²) in [5, 5.41) is 6.19. The van der Waals surface area contributed by atoms with Gasteiger partial charge in [-0.1, -0.05) is 26.0 Å². The first-order valence-electron chi connectivity index (χ1n) is 9.67. The molecular formula is C21H32N2O2. The monoisotopic (exact) mass is 344 g/mol. The van der Waals surface area contributed by atoms with E-state index in [0.29, 0.717) is 12.5 Å². The van der Waals surface area contributed by atoms with Gasteiger partial charge in [-0.15, -0.1) is 0 Å². The highest BCUT2D eigenvalue weighted by Gasteiger charge is 2.44. The van der Waals surface area contributed by atoms with Gasteiger partial charge in [0.1, 0.15) is 5.75 Å². The zero-order chi connectivity index (χ0) is 17.9. The average molecular weight is 344 g/mol. The predicted octanol–water partition coefficient (Wildman–Crippen LogP) is 4.10. The molecule has 0 bridgehead atoms. The SMILES string of the molecule is COc1ccc(C2(CNC(=O)NCC3CC(C)CC(C)C3)CC2)cc1. The van der Waals surface area contributed by atoms with E-state index in [4.69, 9.17) is 4.74 Å². The van der Waals surface area contributed by atoms with Crippen LogP contribution in [0.3, 0.4) is 0 Å². The van der Waals surface area contributed by atoms with Crippen LogP contribution in [0.4, 0.5) is 4.79 Å². The minimum atomic E-state index is -0.0225. The molecule has 2 unspecified atom stereocenters. The number of carbonyl (C=O) groups excluding carboxylic acids is 1. The van der Waals surface area contributed by atoms with E-state index in [1.807, 2.05) is 12.1 Å². The van der Waals surface area contributed by atoms with Gasteiger partial charge in [-0.2, -0.15) is 0 Å². The first kappa shape index (κ1) is 18.1. The highest BCUT2D eigenvalue weighted by Crippen LogP contribution is 2.47. The number of nitrogens with one attached hydrogen (secondary N) is 2. The molecule has 0 heterocycles. The molecule has 0 saturated heterocycles. The molecule has 4 nitrogen and oxygen atoms in total. The Balaban J connectivity index is 1.44. The number of amides is 2. The maximum atomic E-state index is 12.2.